The third-order valence-electron chi connectivity index (χ3n) is 3.40. The molecule has 0 unspecified atom stereocenters. The van der Waals surface area contributed by atoms with Crippen LogP contribution in [0.4, 0.5) is 10.1 Å². The minimum absolute atomic E-state index is 0.188. The maximum absolute atomic E-state index is 14.4. The molecule has 3 rings (SSSR count). The van der Waals surface area contributed by atoms with E-state index in [-0.39, 0.29) is 18.5 Å². The van der Waals surface area contributed by atoms with Gasteiger partial charge in [0.05, 0.1) is 23.2 Å². The molecule has 0 aliphatic rings. The molecule has 0 saturated carbocycles. The molecule has 8 heteroatoms. The monoisotopic (exact) mass is 333 g/mol. The summed E-state index contributed by atoms with van der Waals surface area (Å²) in [6.45, 7) is 0.390. The number of hydrogen-bond donors (Lipinski definition) is 3. The number of pyridine rings is 1. The van der Waals surface area contributed by atoms with Crippen molar-refractivity contribution < 1.29 is 9.50 Å². The van der Waals surface area contributed by atoms with E-state index >= 15 is 0 Å². The summed E-state index contributed by atoms with van der Waals surface area (Å²) in [7, 11) is 0. The Kier molecular flexibility index (Phi) is 4.75. The maximum atomic E-state index is 14.4. The number of nitrogens with one attached hydrogen (secondary N) is 1. The Hall–Kier alpha value is -2.16. The van der Waals surface area contributed by atoms with Gasteiger partial charge in [-0.2, -0.15) is 5.10 Å². The minimum atomic E-state index is -0.487. The summed E-state index contributed by atoms with van der Waals surface area (Å²) in [6.07, 6.45) is 5.29. The van der Waals surface area contributed by atoms with Crippen molar-refractivity contribution in [3.63, 3.8) is 0 Å². The summed E-state index contributed by atoms with van der Waals surface area (Å²) >= 11 is 1.29. The Morgan fingerprint density at radius 1 is 1.35 bits per heavy atom. The van der Waals surface area contributed by atoms with Gasteiger partial charge in [-0.1, -0.05) is 0 Å². The molecule has 0 aromatic carbocycles. The Bertz CT molecular complexity index is 795. The quantitative estimate of drug-likeness (QED) is 0.635. The number of aromatic nitrogens is 3. The van der Waals surface area contributed by atoms with Gasteiger partial charge in [0, 0.05) is 36.3 Å². The maximum Gasteiger partial charge on any atom is 0.165 e. The largest absolute Gasteiger partial charge is 0.395 e. The van der Waals surface area contributed by atoms with Crippen LogP contribution in [0.1, 0.15) is 10.4 Å². The lowest BCUT2D eigenvalue weighted by Gasteiger charge is -2.06. The van der Waals surface area contributed by atoms with Crippen LogP contribution >= 0.6 is 11.3 Å². The second-order valence-electron chi connectivity index (χ2n) is 5.13. The number of rotatable bonds is 6. The molecule has 0 aliphatic heterocycles. The van der Waals surface area contributed by atoms with E-state index in [0.29, 0.717) is 16.1 Å². The Balaban J connectivity index is 1.87. The van der Waals surface area contributed by atoms with Crippen LogP contribution in [0.3, 0.4) is 0 Å². The van der Waals surface area contributed by atoms with E-state index in [1.54, 1.807) is 18.6 Å². The topological polar surface area (TPSA) is 97.0 Å². The van der Waals surface area contributed by atoms with E-state index in [9.17, 15) is 4.39 Å². The molecule has 4 N–H and O–H groups in total. The van der Waals surface area contributed by atoms with Crippen LogP contribution in [0.2, 0.25) is 0 Å². The molecule has 0 amide bonds. The highest BCUT2D eigenvalue weighted by Crippen LogP contribution is 2.34. The van der Waals surface area contributed by atoms with Gasteiger partial charge >= 0.3 is 0 Å². The third kappa shape index (κ3) is 3.44. The summed E-state index contributed by atoms with van der Waals surface area (Å²) in [4.78, 5) is 4.45. The number of anilines is 1. The minimum Gasteiger partial charge on any atom is -0.395 e. The van der Waals surface area contributed by atoms with Crippen LogP contribution in [0.5, 0.6) is 0 Å². The van der Waals surface area contributed by atoms with Crippen molar-refractivity contribution in [2.24, 2.45) is 5.73 Å². The molecule has 0 radical (unpaired) electrons. The molecular weight excluding hydrogens is 317 g/mol. The summed E-state index contributed by atoms with van der Waals surface area (Å²) in [5, 5.41) is 20.0. The summed E-state index contributed by atoms with van der Waals surface area (Å²) in [5.41, 5.74) is 7.71. The smallest absolute Gasteiger partial charge is 0.165 e. The number of nitrogens with two attached hydrogens (primary N) is 1. The average Bonchev–Trinajstić information content (AvgIpc) is 2.90. The zero-order valence-electron chi connectivity index (χ0n) is 12.2. The second-order valence-corrected chi connectivity index (χ2v) is 6.24. The van der Waals surface area contributed by atoms with Gasteiger partial charge in [0.1, 0.15) is 5.52 Å². The molecule has 0 bridgehead atoms. The fourth-order valence-corrected chi connectivity index (χ4v) is 3.37. The van der Waals surface area contributed by atoms with E-state index in [4.69, 9.17) is 10.8 Å². The van der Waals surface area contributed by atoms with E-state index < -0.39 is 11.9 Å². The average molecular weight is 333 g/mol. The molecule has 0 saturated heterocycles. The number of aliphatic hydroxyl groups excluding tert-OH is 1. The van der Waals surface area contributed by atoms with Gasteiger partial charge in [0.15, 0.2) is 5.82 Å². The first kappa shape index (κ1) is 15.7. The standard InChI is InChI=1S/C15H16FN5OS/c16-13-12(5-10(17)8-22)23-15-11(7-20-21-14(13)15)19-6-9-1-3-18-4-2-9/h1-4,7,10,22H,5-6,8,17H2,(H,19,21)/t10-/m1/s1. The highest BCUT2D eigenvalue weighted by molar-refractivity contribution is 7.19. The van der Waals surface area contributed by atoms with Gasteiger partial charge in [-0.25, -0.2) is 4.39 Å². The highest BCUT2D eigenvalue weighted by atomic mass is 32.1. The van der Waals surface area contributed by atoms with E-state index in [2.05, 4.69) is 20.5 Å². The van der Waals surface area contributed by atoms with E-state index in [1.165, 1.54) is 11.3 Å². The van der Waals surface area contributed by atoms with Crippen LogP contribution in [0, 0.1) is 5.82 Å². The lowest BCUT2D eigenvalue weighted by Crippen LogP contribution is -2.26. The summed E-state index contributed by atoms with van der Waals surface area (Å²) in [5.74, 6) is -0.408. The first-order valence-electron chi connectivity index (χ1n) is 7.10. The fourth-order valence-electron chi connectivity index (χ4n) is 2.18. The van der Waals surface area contributed by atoms with Crippen LogP contribution in [0.15, 0.2) is 30.7 Å². The number of thiophene rings is 1. The number of nitrogens with zero attached hydrogens (tertiary/aromatic N) is 3. The Morgan fingerprint density at radius 2 is 2.13 bits per heavy atom. The molecular formula is C15H16FN5OS. The molecule has 120 valence electrons. The normalized spacial score (nSPS) is 12.5. The molecule has 23 heavy (non-hydrogen) atoms. The number of aliphatic hydroxyl groups is 1. The number of fused-ring (bicyclic) bond motifs is 1. The Morgan fingerprint density at radius 3 is 2.87 bits per heavy atom. The van der Waals surface area contributed by atoms with Crippen molar-refractivity contribution in [1.82, 2.24) is 15.2 Å². The predicted octanol–water partition coefficient (Wildman–Crippen LogP) is 1.70. The molecule has 0 aliphatic carbocycles. The Labute approximate surface area is 136 Å². The van der Waals surface area contributed by atoms with Gasteiger partial charge in [0.2, 0.25) is 0 Å². The zero-order valence-corrected chi connectivity index (χ0v) is 13.1. The van der Waals surface area contributed by atoms with E-state index in [1.807, 2.05) is 12.1 Å². The summed E-state index contributed by atoms with van der Waals surface area (Å²) < 4.78 is 15.1. The van der Waals surface area contributed by atoms with Crippen LogP contribution in [0.25, 0.3) is 10.2 Å². The predicted molar refractivity (Wildman–Crippen MR) is 87.7 cm³/mol. The second kappa shape index (κ2) is 6.95. The van der Waals surface area contributed by atoms with Gasteiger partial charge in [-0.3, -0.25) is 4.98 Å². The molecule has 0 fully saturated rings. The van der Waals surface area contributed by atoms with Crippen molar-refractivity contribution in [1.29, 1.82) is 0 Å². The molecule has 3 heterocycles. The first-order chi connectivity index (χ1) is 11.2. The van der Waals surface area contributed by atoms with Crippen molar-refractivity contribution in [2.75, 3.05) is 11.9 Å². The lowest BCUT2D eigenvalue weighted by atomic mass is 10.2. The van der Waals surface area contributed by atoms with Gasteiger partial charge in [-0.15, -0.1) is 16.4 Å². The molecule has 3 aromatic rings. The van der Waals surface area contributed by atoms with Crippen LogP contribution < -0.4 is 11.1 Å². The molecule has 3 aromatic heterocycles. The van der Waals surface area contributed by atoms with Crippen LogP contribution in [-0.2, 0) is 13.0 Å². The third-order valence-corrected chi connectivity index (χ3v) is 4.61. The first-order valence-corrected chi connectivity index (χ1v) is 7.92. The summed E-state index contributed by atoms with van der Waals surface area (Å²) in [6, 6.07) is 3.32. The van der Waals surface area contributed by atoms with Crippen molar-refractivity contribution in [3.05, 3.63) is 47.0 Å². The van der Waals surface area contributed by atoms with Gasteiger partial charge < -0.3 is 16.2 Å². The molecule has 0 spiro atoms. The van der Waals surface area contributed by atoms with Crippen molar-refractivity contribution >= 4 is 27.2 Å². The van der Waals surface area contributed by atoms with Crippen molar-refractivity contribution in [3.8, 4) is 0 Å². The molecule has 1 atom stereocenters. The van der Waals surface area contributed by atoms with E-state index in [0.717, 1.165) is 11.3 Å². The van der Waals surface area contributed by atoms with Gasteiger partial charge in [0.25, 0.3) is 0 Å². The van der Waals surface area contributed by atoms with Crippen molar-refractivity contribution in [2.45, 2.75) is 19.0 Å². The van der Waals surface area contributed by atoms with Gasteiger partial charge in [-0.05, 0) is 17.7 Å². The lowest BCUT2D eigenvalue weighted by molar-refractivity contribution is 0.265. The fraction of sp³-hybridized carbons (Fsp3) is 0.267. The SMILES string of the molecule is N[C@@H](CO)Cc1sc2c(NCc3ccncc3)cnnc2c1F. The number of halogens is 1. The van der Waals surface area contributed by atoms with Crippen LogP contribution in [-0.4, -0.2) is 32.9 Å². The number of hydrogen-bond acceptors (Lipinski definition) is 7. The highest BCUT2D eigenvalue weighted by Gasteiger charge is 2.18. The zero-order chi connectivity index (χ0) is 16.2. The molecule has 6 nitrogen and oxygen atoms in total.